The van der Waals surface area contributed by atoms with Gasteiger partial charge in [0.2, 0.25) is 0 Å². The molecule has 0 aliphatic carbocycles. The molecule has 2 aliphatic heterocycles. The van der Waals surface area contributed by atoms with E-state index in [1.807, 2.05) is 74.5 Å². The zero-order valence-corrected chi connectivity index (χ0v) is 31.2. The average Bonchev–Trinajstić information content (AvgIpc) is 3.21. The van der Waals surface area contributed by atoms with E-state index in [0.29, 0.717) is 76.1 Å². The lowest BCUT2D eigenvalue weighted by Crippen LogP contribution is -2.50. The average molecular weight is 737 g/mol. The fourth-order valence-electron chi connectivity index (χ4n) is 8.38. The Morgan fingerprint density at radius 1 is 0.556 bits per heavy atom. The summed E-state index contributed by atoms with van der Waals surface area (Å²) in [5.74, 6) is -2.56. The number of rotatable bonds is 14. The maximum Gasteiger partial charge on any atom is 0.316 e. The number of piperidine rings is 2. The number of hydrogen-bond donors (Lipinski definition) is 0. The van der Waals surface area contributed by atoms with Gasteiger partial charge in [-0.05, 0) is 112 Å². The third-order valence-electron chi connectivity index (χ3n) is 11.5. The Labute approximate surface area is 317 Å². The third kappa shape index (κ3) is 8.48. The van der Waals surface area contributed by atoms with Crippen LogP contribution in [0.15, 0.2) is 109 Å². The molecule has 0 amide bonds. The number of halogens is 2. The van der Waals surface area contributed by atoms with Gasteiger partial charge in [0.05, 0.1) is 35.9 Å². The van der Waals surface area contributed by atoms with Crippen molar-refractivity contribution in [1.29, 1.82) is 0 Å². The van der Waals surface area contributed by atoms with Crippen molar-refractivity contribution in [3.8, 4) is 0 Å². The molecule has 0 N–H and O–H groups in total. The van der Waals surface area contributed by atoms with Gasteiger partial charge in [0, 0.05) is 13.1 Å². The fourth-order valence-corrected chi connectivity index (χ4v) is 8.38. The highest BCUT2D eigenvalue weighted by Gasteiger charge is 2.46. The SMILES string of the molecule is CCOC(=O)C1(c2ccccc2)CCN(CC(C(=O)C(CN2CCC(C(=O)OCC)(c3ccccc3)CC2)c2ccc(F)cc2)c2ccc(F)cc2)CC1. The molecule has 0 spiro atoms. The minimum absolute atomic E-state index is 0.0520. The van der Waals surface area contributed by atoms with Crippen LogP contribution < -0.4 is 0 Å². The molecule has 4 aromatic rings. The zero-order valence-electron chi connectivity index (χ0n) is 31.2. The first kappa shape index (κ1) is 39.0. The van der Waals surface area contributed by atoms with Crippen molar-refractivity contribution in [2.45, 2.75) is 62.2 Å². The van der Waals surface area contributed by atoms with Crippen molar-refractivity contribution in [3.05, 3.63) is 143 Å². The summed E-state index contributed by atoms with van der Waals surface area (Å²) in [4.78, 5) is 46.4. The van der Waals surface area contributed by atoms with Gasteiger partial charge in [0.1, 0.15) is 17.4 Å². The van der Waals surface area contributed by atoms with E-state index in [0.717, 1.165) is 11.1 Å². The molecule has 9 heteroatoms. The molecule has 6 rings (SSSR count). The standard InChI is InChI=1S/C45H50F2N2O5/c1-3-53-42(51)44(35-11-7-5-8-12-35)23-27-48(28-24-44)31-39(33-15-19-37(46)20-16-33)41(50)40(34-17-21-38(47)22-18-34)32-49-29-25-45(26-30-49,43(52)54-4-2)36-13-9-6-10-14-36/h5-22,39-40H,3-4,23-32H2,1-2H3. The molecule has 4 aromatic carbocycles. The molecule has 2 heterocycles. The second-order valence-corrected chi connectivity index (χ2v) is 14.5. The number of ketones is 1. The Hall–Kier alpha value is -4.73. The summed E-state index contributed by atoms with van der Waals surface area (Å²) < 4.78 is 39.7. The van der Waals surface area contributed by atoms with E-state index in [-0.39, 0.29) is 30.9 Å². The van der Waals surface area contributed by atoms with Crippen molar-refractivity contribution < 1.29 is 32.6 Å². The predicted octanol–water partition coefficient (Wildman–Crippen LogP) is 7.60. The van der Waals surface area contributed by atoms with Gasteiger partial charge < -0.3 is 19.3 Å². The molecule has 54 heavy (non-hydrogen) atoms. The van der Waals surface area contributed by atoms with E-state index in [2.05, 4.69) is 9.80 Å². The number of esters is 2. The normalized spacial score (nSPS) is 18.3. The van der Waals surface area contributed by atoms with E-state index < -0.39 is 34.3 Å². The van der Waals surface area contributed by atoms with Crippen LogP contribution in [0.4, 0.5) is 8.78 Å². The van der Waals surface area contributed by atoms with Crippen LogP contribution in [0.25, 0.3) is 0 Å². The van der Waals surface area contributed by atoms with Crippen LogP contribution in [0.3, 0.4) is 0 Å². The summed E-state index contributed by atoms with van der Waals surface area (Å²) >= 11 is 0. The Bertz CT molecular complexity index is 1700. The van der Waals surface area contributed by atoms with Gasteiger partial charge in [-0.15, -0.1) is 0 Å². The lowest BCUT2D eigenvalue weighted by atomic mass is 9.72. The highest BCUT2D eigenvalue weighted by molar-refractivity contribution is 5.92. The fraction of sp³-hybridized carbons (Fsp3) is 0.400. The number of Topliss-reactive ketones (excluding diaryl/α,β-unsaturated/α-hetero) is 1. The van der Waals surface area contributed by atoms with Crippen LogP contribution in [0, 0.1) is 11.6 Å². The number of ether oxygens (including phenoxy) is 2. The van der Waals surface area contributed by atoms with Crippen LogP contribution in [0.1, 0.15) is 73.6 Å². The molecule has 2 atom stereocenters. The van der Waals surface area contributed by atoms with Gasteiger partial charge in [-0.3, -0.25) is 14.4 Å². The number of benzene rings is 4. The summed E-state index contributed by atoms with van der Waals surface area (Å²) in [5.41, 5.74) is 1.67. The predicted molar refractivity (Wildman–Crippen MR) is 204 cm³/mol. The summed E-state index contributed by atoms with van der Waals surface area (Å²) in [5, 5.41) is 0. The second-order valence-electron chi connectivity index (χ2n) is 14.5. The Kier molecular flexibility index (Phi) is 12.7. The number of carbonyl (C=O) groups excluding carboxylic acids is 3. The molecular weight excluding hydrogens is 687 g/mol. The molecule has 0 aromatic heterocycles. The van der Waals surface area contributed by atoms with Gasteiger partial charge >= 0.3 is 11.9 Å². The van der Waals surface area contributed by atoms with Gasteiger partial charge in [-0.25, -0.2) is 8.78 Å². The van der Waals surface area contributed by atoms with Gasteiger partial charge in [-0.2, -0.15) is 0 Å². The van der Waals surface area contributed by atoms with E-state index in [4.69, 9.17) is 9.47 Å². The van der Waals surface area contributed by atoms with E-state index in [9.17, 15) is 18.4 Å². The van der Waals surface area contributed by atoms with E-state index >= 15 is 4.79 Å². The van der Waals surface area contributed by atoms with Crippen molar-refractivity contribution in [2.75, 3.05) is 52.5 Å². The molecule has 0 radical (unpaired) electrons. The Morgan fingerprint density at radius 3 is 1.20 bits per heavy atom. The third-order valence-corrected chi connectivity index (χ3v) is 11.5. The summed E-state index contributed by atoms with van der Waals surface area (Å²) in [6, 6.07) is 31.7. The lowest BCUT2D eigenvalue weighted by molar-refractivity contribution is -0.153. The van der Waals surface area contributed by atoms with Crippen molar-refractivity contribution in [3.63, 3.8) is 0 Å². The maximum atomic E-state index is 15.1. The Morgan fingerprint density at radius 2 is 0.889 bits per heavy atom. The van der Waals surface area contributed by atoms with Crippen LogP contribution in [-0.4, -0.2) is 80.0 Å². The summed E-state index contributed by atoms with van der Waals surface area (Å²) in [6.07, 6.45) is 2.11. The van der Waals surface area contributed by atoms with Gasteiger partial charge in [-0.1, -0.05) is 84.9 Å². The second kappa shape index (κ2) is 17.6. The molecule has 7 nitrogen and oxygen atoms in total. The minimum atomic E-state index is -0.785. The molecule has 2 unspecified atom stereocenters. The minimum Gasteiger partial charge on any atom is -0.465 e. The molecule has 284 valence electrons. The van der Waals surface area contributed by atoms with Crippen molar-refractivity contribution in [2.24, 2.45) is 0 Å². The number of nitrogens with zero attached hydrogens (tertiary/aromatic N) is 2. The van der Waals surface area contributed by atoms with E-state index in [1.54, 1.807) is 24.3 Å². The summed E-state index contributed by atoms with van der Waals surface area (Å²) in [7, 11) is 0. The quantitative estimate of drug-likeness (QED) is 0.124. The molecule has 0 bridgehead atoms. The highest BCUT2D eigenvalue weighted by atomic mass is 19.1. The summed E-state index contributed by atoms with van der Waals surface area (Å²) in [6.45, 7) is 7.17. The van der Waals surface area contributed by atoms with Gasteiger partial charge in [0.25, 0.3) is 0 Å². The number of likely N-dealkylation sites (tertiary alicyclic amines) is 2. The first-order chi connectivity index (χ1) is 26.2. The van der Waals surface area contributed by atoms with Gasteiger partial charge in [0.15, 0.2) is 0 Å². The molecule has 2 fully saturated rings. The highest BCUT2D eigenvalue weighted by Crippen LogP contribution is 2.40. The number of carbonyl (C=O) groups is 3. The zero-order chi connectivity index (χ0) is 38.1. The monoisotopic (exact) mass is 736 g/mol. The smallest absolute Gasteiger partial charge is 0.316 e. The topological polar surface area (TPSA) is 76.2 Å². The first-order valence-corrected chi connectivity index (χ1v) is 19.1. The molecule has 0 saturated carbocycles. The van der Waals surface area contributed by atoms with Crippen molar-refractivity contribution >= 4 is 17.7 Å². The van der Waals surface area contributed by atoms with Crippen molar-refractivity contribution in [1.82, 2.24) is 9.80 Å². The Balaban J connectivity index is 1.26. The number of hydrogen-bond acceptors (Lipinski definition) is 7. The molecular formula is C45H50F2N2O5. The van der Waals surface area contributed by atoms with Crippen LogP contribution >= 0.6 is 0 Å². The first-order valence-electron chi connectivity index (χ1n) is 19.1. The van der Waals surface area contributed by atoms with Crippen LogP contribution in [-0.2, 0) is 34.7 Å². The molecule has 2 saturated heterocycles. The largest absolute Gasteiger partial charge is 0.465 e. The van der Waals surface area contributed by atoms with E-state index in [1.165, 1.54) is 24.3 Å². The maximum absolute atomic E-state index is 15.1. The van der Waals surface area contributed by atoms with Crippen LogP contribution in [0.5, 0.6) is 0 Å². The van der Waals surface area contributed by atoms with Crippen LogP contribution in [0.2, 0.25) is 0 Å². The lowest BCUT2D eigenvalue weighted by Gasteiger charge is -2.42. The molecule has 2 aliphatic rings.